The molecule has 4 nitrogen and oxygen atoms in total. The van der Waals surface area contributed by atoms with E-state index in [-0.39, 0.29) is 12.0 Å². The molecule has 0 radical (unpaired) electrons. The zero-order valence-corrected chi connectivity index (χ0v) is 14.1. The van der Waals surface area contributed by atoms with E-state index in [0.29, 0.717) is 23.9 Å². The fourth-order valence-electron chi connectivity index (χ4n) is 2.69. The Bertz CT molecular complexity index is 493. The smallest absolute Gasteiger partial charge is 0.224 e. The number of hydrogen-bond donors (Lipinski definition) is 1. The average molecular weight is 325 g/mol. The van der Waals surface area contributed by atoms with Gasteiger partial charge in [-0.1, -0.05) is 43.6 Å². The molecule has 1 aromatic rings. The molecule has 1 N–H and O–H groups in total. The van der Waals surface area contributed by atoms with Crippen LogP contribution in [-0.2, 0) is 16.0 Å². The third-order valence-corrected chi connectivity index (χ3v) is 4.05. The summed E-state index contributed by atoms with van der Waals surface area (Å²) in [6.07, 6.45) is 0.380. The number of nitrogens with zero attached hydrogens (tertiary/aromatic N) is 1. The Morgan fingerprint density at radius 1 is 1.45 bits per heavy atom. The van der Waals surface area contributed by atoms with Crippen LogP contribution in [-0.4, -0.2) is 49.7 Å². The molecule has 1 unspecified atom stereocenters. The van der Waals surface area contributed by atoms with E-state index in [9.17, 15) is 4.79 Å². The number of carbonyl (C=O) groups excluding carboxylic acids is 1. The quantitative estimate of drug-likeness (QED) is 0.873. The second-order valence-corrected chi connectivity index (χ2v) is 6.63. The maximum Gasteiger partial charge on any atom is 0.224 e. The zero-order valence-electron chi connectivity index (χ0n) is 13.3. The van der Waals surface area contributed by atoms with Crippen molar-refractivity contribution in [3.05, 3.63) is 34.9 Å². The maximum absolute atomic E-state index is 12.0. The summed E-state index contributed by atoms with van der Waals surface area (Å²) < 4.78 is 5.73. The first-order valence-electron chi connectivity index (χ1n) is 7.88. The molecule has 1 aliphatic rings. The van der Waals surface area contributed by atoms with E-state index < -0.39 is 0 Å². The van der Waals surface area contributed by atoms with Crippen molar-refractivity contribution >= 4 is 17.5 Å². The Kier molecular flexibility index (Phi) is 6.68. The first-order valence-corrected chi connectivity index (χ1v) is 8.26. The van der Waals surface area contributed by atoms with E-state index in [2.05, 4.69) is 24.1 Å². The lowest BCUT2D eigenvalue weighted by Crippen LogP contribution is -2.48. The number of nitrogens with one attached hydrogen (secondary N) is 1. The van der Waals surface area contributed by atoms with Crippen molar-refractivity contribution in [2.75, 3.05) is 32.8 Å². The molecule has 1 aromatic carbocycles. The number of halogens is 1. The Morgan fingerprint density at radius 2 is 2.23 bits per heavy atom. The van der Waals surface area contributed by atoms with Gasteiger partial charge in [-0.2, -0.15) is 0 Å². The van der Waals surface area contributed by atoms with Gasteiger partial charge in [0.15, 0.2) is 0 Å². The van der Waals surface area contributed by atoms with Crippen LogP contribution in [0.2, 0.25) is 5.02 Å². The van der Waals surface area contributed by atoms with Gasteiger partial charge in [-0.15, -0.1) is 0 Å². The molecule has 22 heavy (non-hydrogen) atoms. The highest BCUT2D eigenvalue weighted by atomic mass is 35.5. The van der Waals surface area contributed by atoms with Crippen LogP contribution in [0.4, 0.5) is 0 Å². The molecule has 1 amide bonds. The lowest BCUT2D eigenvalue weighted by molar-refractivity contribution is -0.121. The minimum atomic E-state index is -0.0160. The molecule has 122 valence electrons. The second kappa shape index (κ2) is 8.51. The van der Waals surface area contributed by atoms with Gasteiger partial charge in [-0.05, 0) is 17.5 Å². The van der Waals surface area contributed by atoms with E-state index in [1.165, 1.54) is 0 Å². The number of carbonyl (C=O) groups is 1. The summed E-state index contributed by atoms with van der Waals surface area (Å²) in [7, 11) is 0. The van der Waals surface area contributed by atoms with Crippen LogP contribution < -0.4 is 5.32 Å². The van der Waals surface area contributed by atoms with Crippen molar-refractivity contribution in [2.45, 2.75) is 26.4 Å². The molecule has 1 heterocycles. The minimum Gasteiger partial charge on any atom is -0.374 e. The van der Waals surface area contributed by atoms with E-state index in [4.69, 9.17) is 16.3 Å². The highest BCUT2D eigenvalue weighted by molar-refractivity contribution is 6.31. The monoisotopic (exact) mass is 324 g/mol. The molecule has 1 aliphatic heterocycles. The molecule has 1 fully saturated rings. The van der Waals surface area contributed by atoms with Gasteiger partial charge in [-0.3, -0.25) is 9.69 Å². The van der Waals surface area contributed by atoms with Crippen molar-refractivity contribution in [3.8, 4) is 0 Å². The lowest BCUT2D eigenvalue weighted by Gasteiger charge is -2.33. The number of rotatable bonds is 6. The predicted octanol–water partition coefficient (Wildman–Crippen LogP) is 2.36. The molecule has 0 spiro atoms. The molecular weight excluding hydrogens is 300 g/mol. The first-order chi connectivity index (χ1) is 10.5. The minimum absolute atomic E-state index is 0.0160. The third-order valence-electron chi connectivity index (χ3n) is 3.68. The molecule has 0 aromatic heterocycles. The second-order valence-electron chi connectivity index (χ2n) is 6.22. The molecule has 1 saturated heterocycles. The van der Waals surface area contributed by atoms with E-state index in [0.717, 1.165) is 31.8 Å². The van der Waals surface area contributed by atoms with Crippen molar-refractivity contribution < 1.29 is 9.53 Å². The number of ether oxygens (including phenoxy) is 1. The van der Waals surface area contributed by atoms with E-state index in [1.807, 2.05) is 18.2 Å². The summed E-state index contributed by atoms with van der Waals surface area (Å²) in [5, 5.41) is 3.59. The molecule has 0 bridgehead atoms. The van der Waals surface area contributed by atoms with Gasteiger partial charge in [0.1, 0.15) is 0 Å². The lowest BCUT2D eigenvalue weighted by atomic mass is 10.1. The van der Waals surface area contributed by atoms with Crippen LogP contribution >= 0.6 is 11.6 Å². The van der Waals surface area contributed by atoms with Gasteiger partial charge >= 0.3 is 0 Å². The summed E-state index contributed by atoms with van der Waals surface area (Å²) >= 11 is 6.07. The highest BCUT2D eigenvalue weighted by Gasteiger charge is 2.21. The Morgan fingerprint density at radius 3 is 2.95 bits per heavy atom. The molecule has 5 heteroatoms. The predicted molar refractivity (Wildman–Crippen MR) is 89.2 cm³/mol. The zero-order chi connectivity index (χ0) is 15.9. The van der Waals surface area contributed by atoms with Gasteiger partial charge in [0.2, 0.25) is 5.91 Å². The molecule has 0 saturated carbocycles. The van der Waals surface area contributed by atoms with Crippen LogP contribution in [0, 0.1) is 5.92 Å². The van der Waals surface area contributed by atoms with Gasteiger partial charge < -0.3 is 10.1 Å². The molecule has 1 atom stereocenters. The number of morpholine rings is 1. The topological polar surface area (TPSA) is 41.6 Å². The van der Waals surface area contributed by atoms with E-state index >= 15 is 0 Å². The van der Waals surface area contributed by atoms with Crippen LogP contribution in [0.5, 0.6) is 0 Å². The van der Waals surface area contributed by atoms with Gasteiger partial charge in [-0.25, -0.2) is 0 Å². The first kappa shape index (κ1) is 17.3. The van der Waals surface area contributed by atoms with Crippen LogP contribution in [0.25, 0.3) is 0 Å². The highest BCUT2D eigenvalue weighted by Crippen LogP contribution is 2.15. The Hall–Kier alpha value is -1.10. The van der Waals surface area contributed by atoms with E-state index in [1.54, 1.807) is 6.07 Å². The normalized spacial score (nSPS) is 19.4. The average Bonchev–Trinajstić information content (AvgIpc) is 2.47. The fraction of sp³-hybridized carbons (Fsp3) is 0.588. The van der Waals surface area contributed by atoms with Crippen molar-refractivity contribution in [2.24, 2.45) is 5.92 Å². The number of hydrogen-bond acceptors (Lipinski definition) is 3. The third kappa shape index (κ3) is 5.59. The van der Waals surface area contributed by atoms with Crippen molar-refractivity contribution in [1.82, 2.24) is 10.2 Å². The van der Waals surface area contributed by atoms with Crippen molar-refractivity contribution in [1.29, 1.82) is 0 Å². The van der Waals surface area contributed by atoms with Crippen LogP contribution in [0.15, 0.2) is 24.3 Å². The van der Waals surface area contributed by atoms with Gasteiger partial charge in [0.25, 0.3) is 0 Å². The van der Waals surface area contributed by atoms with Gasteiger partial charge in [0.05, 0.1) is 19.1 Å². The van der Waals surface area contributed by atoms with Crippen LogP contribution in [0.3, 0.4) is 0 Å². The van der Waals surface area contributed by atoms with Crippen molar-refractivity contribution in [3.63, 3.8) is 0 Å². The van der Waals surface area contributed by atoms with Crippen LogP contribution in [0.1, 0.15) is 19.4 Å². The summed E-state index contributed by atoms with van der Waals surface area (Å²) in [6.45, 7) is 8.65. The molecule has 2 rings (SSSR count). The largest absolute Gasteiger partial charge is 0.374 e. The molecular formula is C17H25ClN2O2. The van der Waals surface area contributed by atoms with Gasteiger partial charge in [0, 0.05) is 31.2 Å². The summed E-state index contributed by atoms with van der Waals surface area (Å²) in [6, 6.07) is 7.44. The standard InChI is InChI=1S/C17H25ClN2O2/c1-13(2)11-20-7-8-22-15(12-20)10-19-17(21)9-14-5-3-4-6-16(14)18/h3-6,13,15H,7-12H2,1-2H3,(H,19,21). The summed E-state index contributed by atoms with van der Waals surface area (Å²) in [5.74, 6) is 0.631. The summed E-state index contributed by atoms with van der Waals surface area (Å²) in [5.41, 5.74) is 0.854. The number of amides is 1. The Balaban J connectivity index is 1.75. The number of benzene rings is 1. The summed E-state index contributed by atoms with van der Waals surface area (Å²) in [4.78, 5) is 14.4. The fourth-order valence-corrected chi connectivity index (χ4v) is 2.89. The maximum atomic E-state index is 12.0. The molecule has 0 aliphatic carbocycles. The SMILES string of the molecule is CC(C)CN1CCOC(CNC(=O)Cc2ccccc2Cl)C1. The Labute approximate surface area is 137 Å².